The molecule has 2 heterocycles. The molecule has 28 heavy (non-hydrogen) atoms. The second-order valence-corrected chi connectivity index (χ2v) is 6.46. The maximum Gasteiger partial charge on any atom is 0.321 e. The minimum atomic E-state index is -0.471. The van der Waals surface area contributed by atoms with E-state index in [1.807, 2.05) is 24.3 Å². The van der Waals surface area contributed by atoms with Crippen LogP contribution >= 0.6 is 0 Å². The maximum absolute atomic E-state index is 12.5. The van der Waals surface area contributed by atoms with Crippen LogP contribution in [0.15, 0.2) is 54.7 Å². The van der Waals surface area contributed by atoms with E-state index in [9.17, 15) is 14.9 Å². The minimum absolute atomic E-state index is 0.0113. The van der Waals surface area contributed by atoms with Crippen LogP contribution in [0.1, 0.15) is 0 Å². The van der Waals surface area contributed by atoms with Gasteiger partial charge in [0.2, 0.25) is 0 Å². The van der Waals surface area contributed by atoms with Crippen LogP contribution in [-0.4, -0.2) is 52.2 Å². The summed E-state index contributed by atoms with van der Waals surface area (Å²) in [7, 11) is 0. The zero-order chi connectivity index (χ0) is 19.5. The molecule has 1 fully saturated rings. The molecule has 0 atom stereocenters. The van der Waals surface area contributed by atoms with E-state index >= 15 is 0 Å². The van der Waals surface area contributed by atoms with Gasteiger partial charge in [0.05, 0.1) is 11.1 Å². The number of carbonyl (C=O) groups excluding carboxylic acids is 1. The highest BCUT2D eigenvalue weighted by Crippen LogP contribution is 2.24. The van der Waals surface area contributed by atoms with Gasteiger partial charge in [0, 0.05) is 54.8 Å². The van der Waals surface area contributed by atoms with E-state index in [4.69, 9.17) is 0 Å². The number of nitro groups is 1. The normalized spacial score (nSPS) is 14.1. The highest BCUT2D eigenvalue weighted by atomic mass is 16.6. The molecule has 2 aromatic carbocycles. The number of anilines is 2. The summed E-state index contributed by atoms with van der Waals surface area (Å²) in [5.41, 5.74) is 0.515. The fourth-order valence-electron chi connectivity index (χ4n) is 3.24. The summed E-state index contributed by atoms with van der Waals surface area (Å²) < 4.78 is 0. The molecule has 0 radical (unpaired) electrons. The quantitative estimate of drug-likeness (QED) is 0.555. The van der Waals surface area contributed by atoms with Gasteiger partial charge < -0.3 is 15.1 Å². The van der Waals surface area contributed by atoms with Crippen LogP contribution in [0.4, 0.5) is 22.0 Å². The van der Waals surface area contributed by atoms with Crippen LogP contribution in [0, 0.1) is 10.1 Å². The van der Waals surface area contributed by atoms with E-state index in [0.29, 0.717) is 31.9 Å². The number of nitrogens with zero attached hydrogens (tertiary/aromatic N) is 5. The van der Waals surface area contributed by atoms with Crippen LogP contribution in [-0.2, 0) is 0 Å². The third-order valence-corrected chi connectivity index (χ3v) is 4.75. The number of rotatable bonds is 3. The molecule has 2 amide bonds. The first kappa shape index (κ1) is 17.7. The Morgan fingerprint density at radius 1 is 1.04 bits per heavy atom. The number of non-ortho nitro benzene ring substituents is 1. The Morgan fingerprint density at radius 3 is 2.46 bits per heavy atom. The van der Waals surface area contributed by atoms with Gasteiger partial charge >= 0.3 is 6.03 Å². The topological polar surface area (TPSA) is 104 Å². The average Bonchev–Trinajstić information content (AvgIpc) is 2.74. The number of benzene rings is 2. The average molecular weight is 378 g/mol. The molecule has 1 aliphatic heterocycles. The van der Waals surface area contributed by atoms with Crippen molar-refractivity contribution in [2.75, 3.05) is 36.4 Å². The lowest BCUT2D eigenvalue weighted by atomic mass is 10.2. The number of fused-ring (bicyclic) bond motifs is 1. The molecule has 4 rings (SSSR count). The molecule has 3 aromatic rings. The Morgan fingerprint density at radius 2 is 1.75 bits per heavy atom. The van der Waals surface area contributed by atoms with E-state index < -0.39 is 4.92 Å². The number of urea groups is 1. The second kappa shape index (κ2) is 7.47. The van der Waals surface area contributed by atoms with E-state index in [2.05, 4.69) is 20.4 Å². The van der Waals surface area contributed by atoms with Crippen molar-refractivity contribution in [1.29, 1.82) is 0 Å². The summed E-state index contributed by atoms with van der Waals surface area (Å²) in [6.07, 6.45) is 1.74. The molecule has 1 N–H and O–H groups in total. The van der Waals surface area contributed by atoms with Crippen LogP contribution in [0.2, 0.25) is 0 Å². The summed E-state index contributed by atoms with van der Waals surface area (Å²) in [5, 5.41) is 23.9. The highest BCUT2D eigenvalue weighted by molar-refractivity contribution is 5.92. The lowest BCUT2D eigenvalue weighted by Crippen LogP contribution is -2.50. The fraction of sp³-hybridized carbons (Fsp3) is 0.211. The molecular weight excluding hydrogens is 360 g/mol. The molecule has 142 valence electrons. The van der Waals surface area contributed by atoms with Crippen LogP contribution in [0.5, 0.6) is 0 Å². The Balaban J connectivity index is 1.39. The van der Waals surface area contributed by atoms with E-state index in [-0.39, 0.29) is 11.7 Å². The van der Waals surface area contributed by atoms with Crippen molar-refractivity contribution in [3.05, 3.63) is 64.8 Å². The number of amides is 2. The number of aromatic nitrogens is 2. The summed E-state index contributed by atoms with van der Waals surface area (Å²) in [6, 6.07) is 13.5. The first-order valence-electron chi connectivity index (χ1n) is 8.87. The lowest BCUT2D eigenvalue weighted by Gasteiger charge is -2.35. The Kier molecular flexibility index (Phi) is 4.71. The smallest absolute Gasteiger partial charge is 0.321 e. The molecule has 9 heteroatoms. The van der Waals surface area contributed by atoms with Gasteiger partial charge in [-0.1, -0.05) is 24.3 Å². The van der Waals surface area contributed by atoms with Crippen LogP contribution in [0.25, 0.3) is 10.8 Å². The first-order chi connectivity index (χ1) is 13.6. The molecule has 0 spiro atoms. The largest absolute Gasteiger partial charge is 0.351 e. The Labute approximate surface area is 160 Å². The van der Waals surface area contributed by atoms with Crippen molar-refractivity contribution >= 4 is 34.0 Å². The van der Waals surface area contributed by atoms with Crippen molar-refractivity contribution in [3.63, 3.8) is 0 Å². The number of nitrogens with one attached hydrogen (secondary N) is 1. The first-order valence-corrected chi connectivity index (χ1v) is 8.87. The van der Waals surface area contributed by atoms with E-state index in [1.165, 1.54) is 24.3 Å². The zero-order valence-corrected chi connectivity index (χ0v) is 15.0. The molecular formula is C19H18N6O3. The van der Waals surface area contributed by atoms with Gasteiger partial charge in [-0.2, -0.15) is 5.10 Å². The summed E-state index contributed by atoms with van der Waals surface area (Å²) in [6.45, 7) is 2.39. The SMILES string of the molecule is O=C(Nc1ccc([N+](=O)[O-])cc1)N1CCN(c2nncc3ccccc23)CC1. The van der Waals surface area contributed by atoms with E-state index in [0.717, 1.165) is 16.6 Å². The van der Waals surface area contributed by atoms with Crippen LogP contribution in [0.3, 0.4) is 0 Å². The predicted molar refractivity (Wildman–Crippen MR) is 105 cm³/mol. The summed E-state index contributed by atoms with van der Waals surface area (Å²) >= 11 is 0. The van der Waals surface area contributed by atoms with Gasteiger partial charge in [-0.15, -0.1) is 5.10 Å². The predicted octanol–water partition coefficient (Wildman–Crippen LogP) is 2.89. The summed E-state index contributed by atoms with van der Waals surface area (Å²) in [5.74, 6) is 0.827. The lowest BCUT2D eigenvalue weighted by molar-refractivity contribution is -0.384. The van der Waals surface area contributed by atoms with Gasteiger partial charge in [-0.3, -0.25) is 10.1 Å². The van der Waals surface area contributed by atoms with Gasteiger partial charge in [0.15, 0.2) is 5.82 Å². The highest BCUT2D eigenvalue weighted by Gasteiger charge is 2.23. The standard InChI is InChI=1S/C19H18N6O3/c26-19(21-15-5-7-16(8-6-15)25(27)28)24-11-9-23(10-12-24)18-17-4-2-1-3-14(17)13-20-22-18/h1-8,13H,9-12H2,(H,21,26). The number of hydrogen-bond donors (Lipinski definition) is 1. The summed E-state index contributed by atoms with van der Waals surface area (Å²) in [4.78, 5) is 26.6. The van der Waals surface area contributed by atoms with Crippen molar-refractivity contribution in [1.82, 2.24) is 15.1 Å². The number of nitro benzene ring substituents is 1. The molecule has 0 unspecified atom stereocenters. The molecule has 1 saturated heterocycles. The van der Waals surface area contributed by atoms with Gasteiger partial charge in [0.25, 0.3) is 5.69 Å². The van der Waals surface area contributed by atoms with Crippen molar-refractivity contribution in [2.24, 2.45) is 0 Å². The molecule has 1 aromatic heterocycles. The minimum Gasteiger partial charge on any atom is -0.351 e. The molecule has 0 saturated carbocycles. The van der Waals surface area contributed by atoms with Crippen molar-refractivity contribution in [3.8, 4) is 0 Å². The Hall–Kier alpha value is -3.75. The third-order valence-electron chi connectivity index (χ3n) is 4.75. The maximum atomic E-state index is 12.5. The van der Waals surface area contributed by atoms with Gasteiger partial charge in [-0.05, 0) is 12.1 Å². The fourth-order valence-corrected chi connectivity index (χ4v) is 3.24. The van der Waals surface area contributed by atoms with Crippen molar-refractivity contribution in [2.45, 2.75) is 0 Å². The molecule has 9 nitrogen and oxygen atoms in total. The van der Waals surface area contributed by atoms with Gasteiger partial charge in [-0.25, -0.2) is 4.79 Å². The monoisotopic (exact) mass is 378 g/mol. The van der Waals surface area contributed by atoms with Gasteiger partial charge in [0.1, 0.15) is 0 Å². The molecule has 0 bridgehead atoms. The second-order valence-electron chi connectivity index (χ2n) is 6.46. The van der Waals surface area contributed by atoms with Crippen LogP contribution < -0.4 is 10.2 Å². The zero-order valence-electron chi connectivity index (χ0n) is 15.0. The number of carbonyl (C=O) groups is 1. The molecule has 0 aliphatic carbocycles. The Bertz CT molecular complexity index is 1010. The van der Waals surface area contributed by atoms with Crippen molar-refractivity contribution < 1.29 is 9.72 Å². The third kappa shape index (κ3) is 3.54. The van der Waals surface area contributed by atoms with E-state index in [1.54, 1.807) is 11.1 Å². The number of piperazine rings is 1. The number of hydrogen-bond acceptors (Lipinski definition) is 6. The molecule has 1 aliphatic rings.